The molecule has 0 saturated heterocycles. The van der Waals surface area contributed by atoms with Crippen molar-refractivity contribution in [3.05, 3.63) is 34.8 Å². The second kappa shape index (κ2) is 12.5. The van der Waals surface area contributed by atoms with Gasteiger partial charge in [0.15, 0.2) is 0 Å². The second-order valence-electron chi connectivity index (χ2n) is 2.94. The first-order valence-electron chi connectivity index (χ1n) is 5.26. The van der Waals surface area contributed by atoms with Gasteiger partial charge in [-0.1, -0.05) is 69.6 Å². The lowest BCUT2D eigenvalue weighted by molar-refractivity contribution is 1.11. The molecule has 0 amide bonds. The Morgan fingerprint density at radius 1 is 0.933 bits per heavy atom. The van der Waals surface area contributed by atoms with Crippen LogP contribution in [0.2, 0.25) is 0 Å². The van der Waals surface area contributed by atoms with E-state index >= 15 is 0 Å². The fraction of sp³-hybridized carbons (Fsp3) is 0.500. The summed E-state index contributed by atoms with van der Waals surface area (Å²) in [6.45, 7) is 4.44. The molecule has 0 bridgehead atoms. The summed E-state index contributed by atoms with van der Waals surface area (Å²) in [5, 5.41) is 0. The van der Waals surface area contributed by atoms with Crippen LogP contribution in [0.5, 0.6) is 0 Å². The highest BCUT2D eigenvalue weighted by Crippen LogP contribution is 2.21. The van der Waals surface area contributed by atoms with Gasteiger partial charge in [-0.2, -0.15) is 0 Å². The average Bonchev–Trinajstić information content (AvgIpc) is 2.27. The van der Waals surface area contributed by atoms with Crippen molar-refractivity contribution in [1.29, 1.82) is 0 Å². The molecule has 0 heterocycles. The van der Waals surface area contributed by atoms with E-state index in [2.05, 4.69) is 29.8 Å². The molecule has 0 saturated carbocycles. The molecule has 0 N–H and O–H groups in total. The standard InChI is InChI=1S/C6H5Br.C6H14S2/c7-6-4-2-1-3-5-6;1-3-5-7-8-6-4-2/h1-5H;3-6H2,1-2H3. The Balaban J connectivity index is 0.000000262. The molecule has 0 radical (unpaired) electrons. The summed E-state index contributed by atoms with van der Waals surface area (Å²) in [6.07, 6.45) is 2.61. The minimum Gasteiger partial charge on any atom is -0.0942 e. The van der Waals surface area contributed by atoms with Gasteiger partial charge in [0.25, 0.3) is 0 Å². The second-order valence-corrected chi connectivity index (χ2v) is 6.56. The van der Waals surface area contributed by atoms with Crippen molar-refractivity contribution in [3.8, 4) is 0 Å². The molecule has 1 rings (SSSR count). The van der Waals surface area contributed by atoms with Crippen LogP contribution < -0.4 is 0 Å². The lowest BCUT2D eigenvalue weighted by Crippen LogP contribution is -1.70. The quantitative estimate of drug-likeness (QED) is 0.510. The number of rotatable bonds is 5. The van der Waals surface area contributed by atoms with E-state index in [1.807, 2.05) is 51.9 Å². The highest BCUT2D eigenvalue weighted by molar-refractivity contribution is 9.10. The number of hydrogen-bond donors (Lipinski definition) is 0. The zero-order valence-corrected chi connectivity index (χ0v) is 12.6. The molecule has 86 valence electrons. The van der Waals surface area contributed by atoms with Crippen LogP contribution in [-0.2, 0) is 0 Å². The molecule has 0 aliphatic heterocycles. The molecule has 15 heavy (non-hydrogen) atoms. The molecule has 0 aliphatic carbocycles. The summed E-state index contributed by atoms with van der Waals surface area (Å²) in [5.41, 5.74) is 0. The molecular formula is C12H19BrS2. The van der Waals surface area contributed by atoms with Crippen molar-refractivity contribution in [3.63, 3.8) is 0 Å². The lowest BCUT2D eigenvalue weighted by Gasteiger charge is -1.93. The summed E-state index contributed by atoms with van der Waals surface area (Å²) in [7, 11) is 3.99. The molecule has 0 aromatic heterocycles. The van der Waals surface area contributed by atoms with Crippen molar-refractivity contribution in [2.24, 2.45) is 0 Å². The van der Waals surface area contributed by atoms with Crippen molar-refractivity contribution >= 4 is 37.5 Å². The maximum atomic E-state index is 3.31. The van der Waals surface area contributed by atoms with Gasteiger partial charge in [-0.3, -0.25) is 0 Å². The predicted octanol–water partition coefficient (Wildman–Crippen LogP) is 5.64. The predicted molar refractivity (Wildman–Crippen MR) is 79.6 cm³/mol. The van der Waals surface area contributed by atoms with Crippen LogP contribution in [0.15, 0.2) is 34.8 Å². The molecule has 3 heteroatoms. The summed E-state index contributed by atoms with van der Waals surface area (Å²) < 4.78 is 1.13. The molecule has 0 fully saturated rings. The normalized spacial score (nSPS) is 9.27. The van der Waals surface area contributed by atoms with E-state index in [0.29, 0.717) is 0 Å². The van der Waals surface area contributed by atoms with E-state index in [0.717, 1.165) is 4.47 Å². The Morgan fingerprint density at radius 2 is 1.40 bits per heavy atom. The third kappa shape index (κ3) is 12.3. The Kier molecular flexibility index (Phi) is 12.8. The van der Waals surface area contributed by atoms with Crippen molar-refractivity contribution in [2.45, 2.75) is 26.7 Å². The summed E-state index contributed by atoms with van der Waals surface area (Å²) in [5.74, 6) is 2.62. The summed E-state index contributed by atoms with van der Waals surface area (Å²) in [4.78, 5) is 0. The highest BCUT2D eigenvalue weighted by atomic mass is 79.9. The number of hydrogen-bond acceptors (Lipinski definition) is 2. The largest absolute Gasteiger partial charge is 0.0942 e. The van der Waals surface area contributed by atoms with E-state index in [-0.39, 0.29) is 0 Å². The third-order valence-electron chi connectivity index (χ3n) is 1.39. The summed E-state index contributed by atoms with van der Waals surface area (Å²) >= 11 is 3.31. The van der Waals surface area contributed by atoms with Gasteiger partial charge in [-0.15, -0.1) is 0 Å². The minimum absolute atomic E-state index is 1.13. The first-order chi connectivity index (χ1) is 7.31. The van der Waals surface area contributed by atoms with Gasteiger partial charge in [-0.25, -0.2) is 0 Å². The van der Waals surface area contributed by atoms with Gasteiger partial charge in [0.05, 0.1) is 0 Å². The monoisotopic (exact) mass is 306 g/mol. The SMILES string of the molecule is Brc1ccccc1.CCCSSCCC. The van der Waals surface area contributed by atoms with Crippen molar-refractivity contribution in [1.82, 2.24) is 0 Å². The fourth-order valence-corrected chi connectivity index (χ4v) is 3.28. The van der Waals surface area contributed by atoms with Crippen LogP contribution in [0.25, 0.3) is 0 Å². The topological polar surface area (TPSA) is 0 Å². The lowest BCUT2D eigenvalue weighted by atomic mass is 10.4. The van der Waals surface area contributed by atoms with Crippen LogP contribution >= 0.6 is 37.5 Å². The maximum absolute atomic E-state index is 3.31. The van der Waals surface area contributed by atoms with E-state index in [9.17, 15) is 0 Å². The third-order valence-corrected chi connectivity index (χ3v) is 4.74. The first kappa shape index (κ1) is 15.4. The Hall–Kier alpha value is 0.400. The Morgan fingerprint density at radius 3 is 1.67 bits per heavy atom. The van der Waals surface area contributed by atoms with E-state index in [4.69, 9.17) is 0 Å². The van der Waals surface area contributed by atoms with Crippen LogP contribution in [0.4, 0.5) is 0 Å². The van der Waals surface area contributed by atoms with Crippen LogP contribution in [0, 0.1) is 0 Å². The Labute approximate surface area is 110 Å². The van der Waals surface area contributed by atoms with E-state index < -0.39 is 0 Å². The zero-order valence-electron chi connectivity index (χ0n) is 9.41. The molecule has 0 nitrogen and oxygen atoms in total. The van der Waals surface area contributed by atoms with Gasteiger partial charge in [0.2, 0.25) is 0 Å². The molecular weight excluding hydrogens is 288 g/mol. The number of halogens is 1. The summed E-state index contributed by atoms with van der Waals surface area (Å²) in [6, 6.07) is 9.97. The minimum atomic E-state index is 1.13. The molecule has 0 aliphatic rings. The molecule has 0 atom stereocenters. The van der Waals surface area contributed by atoms with Crippen molar-refractivity contribution in [2.75, 3.05) is 11.5 Å². The van der Waals surface area contributed by atoms with E-state index in [1.165, 1.54) is 24.3 Å². The smallest absolute Gasteiger partial charge is 0.0175 e. The van der Waals surface area contributed by atoms with Gasteiger partial charge < -0.3 is 0 Å². The molecule has 0 unspecified atom stereocenters. The maximum Gasteiger partial charge on any atom is 0.0175 e. The van der Waals surface area contributed by atoms with Gasteiger partial charge in [0.1, 0.15) is 0 Å². The Bertz CT molecular complexity index is 208. The van der Waals surface area contributed by atoms with Gasteiger partial charge in [-0.05, 0) is 25.0 Å². The number of benzene rings is 1. The van der Waals surface area contributed by atoms with E-state index in [1.54, 1.807) is 0 Å². The average molecular weight is 307 g/mol. The molecule has 1 aromatic rings. The van der Waals surface area contributed by atoms with Crippen LogP contribution in [0.1, 0.15) is 26.7 Å². The zero-order chi connectivity index (χ0) is 11.4. The van der Waals surface area contributed by atoms with Gasteiger partial charge >= 0.3 is 0 Å². The molecule has 1 aromatic carbocycles. The highest BCUT2D eigenvalue weighted by Gasteiger charge is 1.83. The fourth-order valence-electron chi connectivity index (χ4n) is 0.699. The first-order valence-corrected chi connectivity index (χ1v) is 8.54. The van der Waals surface area contributed by atoms with Crippen LogP contribution in [-0.4, -0.2) is 11.5 Å². The van der Waals surface area contributed by atoms with Crippen molar-refractivity contribution < 1.29 is 0 Å². The van der Waals surface area contributed by atoms with Crippen LogP contribution in [0.3, 0.4) is 0 Å². The van der Waals surface area contributed by atoms with Gasteiger partial charge in [0, 0.05) is 16.0 Å². The molecule has 0 spiro atoms.